The summed E-state index contributed by atoms with van der Waals surface area (Å²) in [6.45, 7) is 1.71. The van der Waals surface area contributed by atoms with Gasteiger partial charge in [0.15, 0.2) is 0 Å². The zero-order valence-corrected chi connectivity index (χ0v) is 11.8. The number of rotatable bonds is 3. The molecule has 0 aliphatic rings. The van der Waals surface area contributed by atoms with E-state index in [1.165, 1.54) is 6.07 Å². The molecule has 0 spiro atoms. The third-order valence-corrected chi connectivity index (χ3v) is 3.72. The highest BCUT2D eigenvalue weighted by Gasteiger charge is 2.25. The number of pyridine rings is 1. The summed E-state index contributed by atoms with van der Waals surface area (Å²) in [5.41, 5.74) is 1.01. The molecule has 1 heterocycles. The van der Waals surface area contributed by atoms with Crippen molar-refractivity contribution in [2.45, 2.75) is 18.9 Å². The number of aromatic nitrogens is 1. The molecule has 21 heavy (non-hydrogen) atoms. The summed E-state index contributed by atoms with van der Waals surface area (Å²) < 4.78 is 13.8. The second kappa shape index (κ2) is 5.26. The van der Waals surface area contributed by atoms with Crippen LogP contribution in [0.25, 0.3) is 10.9 Å². The first-order valence-corrected chi connectivity index (χ1v) is 6.87. The van der Waals surface area contributed by atoms with Crippen molar-refractivity contribution >= 4 is 10.9 Å². The van der Waals surface area contributed by atoms with E-state index in [2.05, 4.69) is 4.98 Å². The number of hydrogen-bond acceptors (Lipinski definition) is 2. The van der Waals surface area contributed by atoms with Crippen molar-refractivity contribution in [3.63, 3.8) is 0 Å². The highest BCUT2D eigenvalue weighted by atomic mass is 19.1. The van der Waals surface area contributed by atoms with E-state index in [-0.39, 0.29) is 12.2 Å². The van der Waals surface area contributed by atoms with Crippen LogP contribution in [0.3, 0.4) is 0 Å². The van der Waals surface area contributed by atoms with Gasteiger partial charge < -0.3 is 5.11 Å². The number of halogens is 1. The Morgan fingerprint density at radius 2 is 1.90 bits per heavy atom. The molecule has 106 valence electrons. The quantitative estimate of drug-likeness (QED) is 0.791. The van der Waals surface area contributed by atoms with Crippen molar-refractivity contribution in [3.05, 3.63) is 77.7 Å². The van der Waals surface area contributed by atoms with E-state index in [4.69, 9.17) is 0 Å². The van der Waals surface area contributed by atoms with Gasteiger partial charge in [-0.25, -0.2) is 4.39 Å². The van der Waals surface area contributed by atoms with Crippen LogP contribution in [0.4, 0.5) is 4.39 Å². The minimum absolute atomic E-state index is 0.228. The van der Waals surface area contributed by atoms with E-state index in [1.54, 1.807) is 31.3 Å². The van der Waals surface area contributed by atoms with Crippen molar-refractivity contribution in [1.29, 1.82) is 0 Å². The van der Waals surface area contributed by atoms with E-state index in [1.807, 2.05) is 30.3 Å². The molecule has 1 atom stereocenters. The van der Waals surface area contributed by atoms with E-state index >= 15 is 0 Å². The van der Waals surface area contributed by atoms with Crippen molar-refractivity contribution < 1.29 is 9.50 Å². The number of fused-ring (bicyclic) bond motifs is 1. The first-order chi connectivity index (χ1) is 10.1. The highest BCUT2D eigenvalue weighted by Crippen LogP contribution is 2.28. The molecule has 0 bridgehead atoms. The Bertz CT molecular complexity index is 783. The molecular formula is C18H16FNO. The fraction of sp³-hybridized carbons (Fsp3) is 0.167. The van der Waals surface area contributed by atoms with Crippen molar-refractivity contribution in [2.75, 3.05) is 0 Å². The summed E-state index contributed by atoms with van der Waals surface area (Å²) in [6, 6.07) is 16.0. The number of nitrogens with zero attached hydrogens (tertiary/aromatic N) is 1. The van der Waals surface area contributed by atoms with Crippen LogP contribution in [0.2, 0.25) is 0 Å². The largest absolute Gasteiger partial charge is 0.385 e. The van der Waals surface area contributed by atoms with Crippen LogP contribution in [-0.4, -0.2) is 10.1 Å². The van der Waals surface area contributed by atoms with Crippen molar-refractivity contribution in [1.82, 2.24) is 4.98 Å². The predicted molar refractivity (Wildman–Crippen MR) is 81.4 cm³/mol. The second-order valence-corrected chi connectivity index (χ2v) is 5.45. The molecule has 3 heteroatoms. The lowest BCUT2D eigenvalue weighted by Crippen LogP contribution is -2.24. The van der Waals surface area contributed by atoms with Gasteiger partial charge in [0, 0.05) is 18.0 Å². The zero-order chi connectivity index (χ0) is 14.9. The summed E-state index contributed by atoms with van der Waals surface area (Å²) in [4.78, 5) is 4.26. The number of hydrogen-bond donors (Lipinski definition) is 1. The molecule has 0 radical (unpaired) electrons. The standard InChI is InChI=1S/C18H16FNO/c1-18(21,12-14-5-2-3-7-16(14)19)15-8-9-17-13(11-15)6-4-10-20-17/h2-11,21H,12H2,1H3. The monoisotopic (exact) mass is 281 g/mol. The molecule has 2 aromatic carbocycles. The third kappa shape index (κ3) is 2.78. The van der Waals surface area contributed by atoms with Gasteiger partial charge in [-0.3, -0.25) is 4.98 Å². The van der Waals surface area contributed by atoms with E-state index in [0.717, 1.165) is 16.5 Å². The van der Waals surface area contributed by atoms with Gasteiger partial charge in [0.2, 0.25) is 0 Å². The average Bonchev–Trinajstić information content (AvgIpc) is 2.49. The molecule has 1 aromatic heterocycles. The Morgan fingerprint density at radius 3 is 2.71 bits per heavy atom. The first-order valence-electron chi connectivity index (χ1n) is 6.87. The highest BCUT2D eigenvalue weighted by molar-refractivity contribution is 5.79. The Balaban J connectivity index is 1.97. The lowest BCUT2D eigenvalue weighted by Gasteiger charge is -2.24. The fourth-order valence-corrected chi connectivity index (χ4v) is 2.53. The maximum absolute atomic E-state index is 13.8. The Labute approximate surface area is 122 Å². The van der Waals surface area contributed by atoms with Crippen LogP contribution in [0.1, 0.15) is 18.1 Å². The van der Waals surface area contributed by atoms with E-state index in [9.17, 15) is 9.50 Å². The van der Waals surface area contributed by atoms with E-state index < -0.39 is 5.60 Å². The van der Waals surface area contributed by atoms with Gasteiger partial charge in [-0.2, -0.15) is 0 Å². The summed E-state index contributed by atoms with van der Waals surface area (Å²) in [6.07, 6.45) is 1.96. The van der Waals surface area contributed by atoms with Crippen LogP contribution in [0.15, 0.2) is 60.8 Å². The molecule has 0 amide bonds. The molecule has 1 unspecified atom stereocenters. The Hall–Kier alpha value is -2.26. The fourth-order valence-electron chi connectivity index (χ4n) is 2.53. The van der Waals surface area contributed by atoms with Crippen LogP contribution in [-0.2, 0) is 12.0 Å². The Morgan fingerprint density at radius 1 is 1.10 bits per heavy atom. The van der Waals surface area contributed by atoms with Crippen LogP contribution >= 0.6 is 0 Å². The lowest BCUT2D eigenvalue weighted by atomic mass is 9.88. The van der Waals surface area contributed by atoms with Gasteiger partial charge >= 0.3 is 0 Å². The zero-order valence-electron chi connectivity index (χ0n) is 11.8. The molecular weight excluding hydrogens is 265 g/mol. The maximum Gasteiger partial charge on any atom is 0.126 e. The molecule has 0 aliphatic carbocycles. The van der Waals surface area contributed by atoms with Gasteiger partial charge in [-0.1, -0.05) is 30.3 Å². The summed E-state index contributed by atoms with van der Waals surface area (Å²) in [5, 5.41) is 11.7. The SMILES string of the molecule is CC(O)(Cc1ccccc1F)c1ccc2ncccc2c1. The lowest BCUT2D eigenvalue weighted by molar-refractivity contribution is 0.0568. The van der Waals surface area contributed by atoms with E-state index in [0.29, 0.717) is 5.56 Å². The molecule has 3 rings (SSSR count). The van der Waals surface area contributed by atoms with Gasteiger partial charge in [-0.05, 0) is 42.3 Å². The Kier molecular flexibility index (Phi) is 3.43. The van der Waals surface area contributed by atoms with Crippen molar-refractivity contribution in [3.8, 4) is 0 Å². The van der Waals surface area contributed by atoms with Crippen LogP contribution < -0.4 is 0 Å². The normalized spacial score (nSPS) is 14.0. The predicted octanol–water partition coefficient (Wildman–Crippen LogP) is 3.82. The topological polar surface area (TPSA) is 33.1 Å². The molecule has 0 aliphatic heterocycles. The molecule has 3 aromatic rings. The molecule has 0 saturated carbocycles. The third-order valence-electron chi connectivity index (χ3n) is 3.72. The first kappa shape index (κ1) is 13.7. The smallest absolute Gasteiger partial charge is 0.126 e. The molecule has 2 nitrogen and oxygen atoms in total. The van der Waals surface area contributed by atoms with Gasteiger partial charge in [0.1, 0.15) is 5.82 Å². The van der Waals surface area contributed by atoms with Gasteiger partial charge in [0.25, 0.3) is 0 Å². The summed E-state index contributed by atoms with van der Waals surface area (Å²) >= 11 is 0. The minimum Gasteiger partial charge on any atom is -0.385 e. The molecule has 0 saturated heterocycles. The van der Waals surface area contributed by atoms with Crippen LogP contribution in [0, 0.1) is 5.82 Å². The van der Waals surface area contributed by atoms with Gasteiger partial charge in [0.05, 0.1) is 11.1 Å². The number of aliphatic hydroxyl groups is 1. The molecule has 0 fully saturated rings. The van der Waals surface area contributed by atoms with Gasteiger partial charge in [-0.15, -0.1) is 0 Å². The summed E-state index contributed by atoms with van der Waals surface area (Å²) in [5.74, 6) is -0.291. The average molecular weight is 281 g/mol. The number of benzene rings is 2. The van der Waals surface area contributed by atoms with Crippen molar-refractivity contribution in [2.24, 2.45) is 0 Å². The minimum atomic E-state index is -1.13. The maximum atomic E-state index is 13.8. The molecule has 1 N–H and O–H groups in total. The van der Waals surface area contributed by atoms with Crippen LogP contribution in [0.5, 0.6) is 0 Å². The summed E-state index contributed by atoms with van der Waals surface area (Å²) in [7, 11) is 0. The second-order valence-electron chi connectivity index (χ2n) is 5.45.